The van der Waals surface area contributed by atoms with Crippen LogP contribution < -0.4 is 0 Å². The Labute approximate surface area is 130 Å². The van der Waals surface area contributed by atoms with Gasteiger partial charge in [0.25, 0.3) is 0 Å². The number of aryl methyl sites for hydroxylation is 2. The standard InChI is InChI=1S/C17H24N2OS/c1-12-10-16(13(2)21-12)17(20)11-14-8-9-19(18-14)15-6-4-3-5-7-15/h8-10,15,17,20H,3-7,11H2,1-2H3. The Morgan fingerprint density at radius 1 is 1.33 bits per heavy atom. The Kier molecular flexibility index (Phi) is 4.45. The summed E-state index contributed by atoms with van der Waals surface area (Å²) in [4.78, 5) is 2.47. The number of hydrogen-bond acceptors (Lipinski definition) is 3. The lowest BCUT2D eigenvalue weighted by Gasteiger charge is -2.21. The van der Waals surface area contributed by atoms with Crippen molar-refractivity contribution in [2.75, 3.05) is 0 Å². The van der Waals surface area contributed by atoms with Crippen LogP contribution in [-0.4, -0.2) is 14.9 Å². The van der Waals surface area contributed by atoms with Crippen LogP contribution in [0.3, 0.4) is 0 Å². The molecule has 1 unspecified atom stereocenters. The van der Waals surface area contributed by atoms with Gasteiger partial charge in [-0.15, -0.1) is 11.3 Å². The molecule has 0 amide bonds. The van der Waals surface area contributed by atoms with Crippen molar-refractivity contribution >= 4 is 11.3 Å². The van der Waals surface area contributed by atoms with E-state index in [9.17, 15) is 5.11 Å². The molecule has 0 aliphatic heterocycles. The molecule has 0 radical (unpaired) electrons. The van der Waals surface area contributed by atoms with Crippen LogP contribution in [0.25, 0.3) is 0 Å². The number of aliphatic hydroxyl groups excluding tert-OH is 1. The molecule has 1 aliphatic rings. The van der Waals surface area contributed by atoms with Crippen LogP contribution >= 0.6 is 11.3 Å². The highest BCUT2D eigenvalue weighted by Crippen LogP contribution is 2.30. The number of hydrogen-bond donors (Lipinski definition) is 1. The second-order valence-corrected chi connectivity index (χ2v) is 7.63. The van der Waals surface area contributed by atoms with Crippen molar-refractivity contribution in [3.05, 3.63) is 39.3 Å². The van der Waals surface area contributed by atoms with Crippen LogP contribution in [-0.2, 0) is 6.42 Å². The summed E-state index contributed by atoms with van der Waals surface area (Å²) in [5, 5.41) is 15.1. The van der Waals surface area contributed by atoms with Gasteiger partial charge in [0.2, 0.25) is 0 Å². The maximum atomic E-state index is 10.4. The maximum Gasteiger partial charge on any atom is 0.0856 e. The third-order valence-corrected chi connectivity index (χ3v) is 5.43. The van der Waals surface area contributed by atoms with Crippen molar-refractivity contribution in [1.82, 2.24) is 9.78 Å². The Hall–Kier alpha value is -1.13. The predicted octanol–water partition coefficient (Wildman–Crippen LogP) is 4.34. The second-order valence-electron chi connectivity index (χ2n) is 6.17. The monoisotopic (exact) mass is 304 g/mol. The third kappa shape index (κ3) is 3.38. The molecule has 2 aromatic rings. The van der Waals surface area contributed by atoms with Crippen molar-refractivity contribution in [3.63, 3.8) is 0 Å². The highest BCUT2D eigenvalue weighted by molar-refractivity contribution is 7.12. The van der Waals surface area contributed by atoms with Gasteiger partial charge >= 0.3 is 0 Å². The molecule has 0 saturated heterocycles. The lowest BCUT2D eigenvalue weighted by Crippen LogP contribution is -2.13. The average Bonchev–Trinajstić information content (AvgIpc) is 3.06. The normalized spacial score (nSPS) is 18.0. The number of thiophene rings is 1. The van der Waals surface area contributed by atoms with E-state index in [4.69, 9.17) is 5.10 Å². The Balaban J connectivity index is 1.67. The first kappa shape index (κ1) is 14.8. The van der Waals surface area contributed by atoms with Gasteiger partial charge in [-0.25, -0.2) is 0 Å². The van der Waals surface area contributed by atoms with E-state index >= 15 is 0 Å². The molecule has 21 heavy (non-hydrogen) atoms. The van der Waals surface area contributed by atoms with E-state index in [0.717, 1.165) is 11.3 Å². The van der Waals surface area contributed by atoms with Crippen LogP contribution in [0.15, 0.2) is 18.3 Å². The summed E-state index contributed by atoms with van der Waals surface area (Å²) in [5.74, 6) is 0. The molecule has 114 valence electrons. The smallest absolute Gasteiger partial charge is 0.0856 e. The number of aliphatic hydroxyl groups is 1. The first-order valence-electron chi connectivity index (χ1n) is 7.92. The van der Waals surface area contributed by atoms with Crippen molar-refractivity contribution in [3.8, 4) is 0 Å². The van der Waals surface area contributed by atoms with E-state index in [2.05, 4.69) is 36.9 Å². The molecule has 2 heterocycles. The molecule has 0 bridgehead atoms. The minimum atomic E-state index is -0.440. The summed E-state index contributed by atoms with van der Waals surface area (Å²) in [7, 11) is 0. The minimum Gasteiger partial charge on any atom is -0.388 e. The fraction of sp³-hybridized carbons (Fsp3) is 0.588. The first-order valence-corrected chi connectivity index (χ1v) is 8.74. The van der Waals surface area contributed by atoms with Gasteiger partial charge in [-0.1, -0.05) is 19.3 Å². The van der Waals surface area contributed by atoms with Gasteiger partial charge in [-0.2, -0.15) is 5.10 Å². The van der Waals surface area contributed by atoms with Crippen LogP contribution in [0.5, 0.6) is 0 Å². The maximum absolute atomic E-state index is 10.4. The van der Waals surface area contributed by atoms with Gasteiger partial charge in [0.15, 0.2) is 0 Å². The van der Waals surface area contributed by atoms with E-state index < -0.39 is 6.10 Å². The van der Waals surface area contributed by atoms with Gasteiger partial charge in [-0.3, -0.25) is 4.68 Å². The minimum absolute atomic E-state index is 0.440. The molecule has 0 spiro atoms. The first-order chi connectivity index (χ1) is 10.1. The third-order valence-electron chi connectivity index (χ3n) is 4.45. The SMILES string of the molecule is Cc1cc(C(O)Cc2ccn(C3CCCCC3)n2)c(C)s1. The molecular formula is C17H24N2OS. The zero-order valence-corrected chi connectivity index (χ0v) is 13.7. The molecule has 3 rings (SSSR count). The van der Waals surface area contributed by atoms with Gasteiger partial charge in [0.05, 0.1) is 17.8 Å². The molecule has 4 heteroatoms. The van der Waals surface area contributed by atoms with Gasteiger partial charge < -0.3 is 5.11 Å². The summed E-state index contributed by atoms with van der Waals surface area (Å²) in [6.45, 7) is 4.17. The molecule has 0 aromatic carbocycles. The molecule has 1 aliphatic carbocycles. The van der Waals surface area contributed by atoms with Crippen molar-refractivity contribution in [1.29, 1.82) is 0 Å². The van der Waals surface area contributed by atoms with E-state index in [1.807, 2.05) is 0 Å². The summed E-state index contributed by atoms with van der Waals surface area (Å²) in [5.41, 5.74) is 2.06. The van der Waals surface area contributed by atoms with Crippen LogP contribution in [0.2, 0.25) is 0 Å². The van der Waals surface area contributed by atoms with Gasteiger partial charge in [0.1, 0.15) is 0 Å². The Bertz CT molecular complexity index is 596. The molecule has 1 N–H and O–H groups in total. The molecule has 1 saturated carbocycles. The summed E-state index contributed by atoms with van der Waals surface area (Å²) < 4.78 is 2.12. The summed E-state index contributed by atoms with van der Waals surface area (Å²) in [6.07, 6.45) is 8.73. The van der Waals surface area contributed by atoms with Gasteiger partial charge in [0, 0.05) is 22.4 Å². The average molecular weight is 304 g/mol. The predicted molar refractivity (Wildman–Crippen MR) is 86.8 cm³/mol. The lowest BCUT2D eigenvalue weighted by molar-refractivity contribution is 0.176. The van der Waals surface area contributed by atoms with Crippen LogP contribution in [0.1, 0.15) is 65.3 Å². The zero-order valence-electron chi connectivity index (χ0n) is 12.9. The Morgan fingerprint density at radius 2 is 2.10 bits per heavy atom. The summed E-state index contributed by atoms with van der Waals surface area (Å²) in [6, 6.07) is 4.73. The van der Waals surface area contributed by atoms with Crippen molar-refractivity contribution in [2.24, 2.45) is 0 Å². The molecule has 1 atom stereocenters. The largest absolute Gasteiger partial charge is 0.388 e. The highest BCUT2D eigenvalue weighted by atomic mass is 32.1. The van der Waals surface area contributed by atoms with Crippen LogP contribution in [0, 0.1) is 13.8 Å². The molecule has 1 fully saturated rings. The number of rotatable bonds is 4. The van der Waals surface area contributed by atoms with E-state index in [1.54, 1.807) is 11.3 Å². The summed E-state index contributed by atoms with van der Waals surface area (Å²) >= 11 is 1.75. The molecular weight excluding hydrogens is 280 g/mol. The van der Waals surface area contributed by atoms with E-state index in [0.29, 0.717) is 12.5 Å². The van der Waals surface area contributed by atoms with Crippen molar-refractivity contribution < 1.29 is 5.11 Å². The topological polar surface area (TPSA) is 38.0 Å². The molecule has 3 nitrogen and oxygen atoms in total. The number of nitrogens with zero attached hydrogens (tertiary/aromatic N) is 2. The van der Waals surface area contributed by atoms with E-state index in [-0.39, 0.29) is 0 Å². The molecule has 2 aromatic heterocycles. The zero-order chi connectivity index (χ0) is 14.8. The highest BCUT2D eigenvalue weighted by Gasteiger charge is 2.18. The van der Waals surface area contributed by atoms with Crippen molar-refractivity contribution in [2.45, 2.75) is 64.5 Å². The Morgan fingerprint density at radius 3 is 2.76 bits per heavy atom. The van der Waals surface area contributed by atoms with Crippen LogP contribution in [0.4, 0.5) is 0 Å². The van der Waals surface area contributed by atoms with E-state index in [1.165, 1.54) is 41.9 Å². The fourth-order valence-corrected chi connectivity index (χ4v) is 4.31. The van der Waals surface area contributed by atoms with Gasteiger partial charge in [-0.05, 0) is 44.4 Å². The number of aromatic nitrogens is 2. The second kappa shape index (κ2) is 6.32. The quantitative estimate of drug-likeness (QED) is 0.912. The fourth-order valence-electron chi connectivity index (χ4n) is 3.32. The lowest BCUT2D eigenvalue weighted by atomic mass is 9.96.